The highest BCUT2D eigenvalue weighted by molar-refractivity contribution is 7.90. The zero-order valence-electron chi connectivity index (χ0n) is 12.1. The summed E-state index contributed by atoms with van der Waals surface area (Å²) in [6, 6.07) is 6.57. The molecule has 0 spiro atoms. The molecule has 1 fully saturated rings. The highest BCUT2D eigenvalue weighted by Gasteiger charge is 2.13. The van der Waals surface area contributed by atoms with E-state index in [0.717, 1.165) is 31.7 Å². The van der Waals surface area contributed by atoms with Crippen molar-refractivity contribution in [1.82, 2.24) is 15.5 Å². The van der Waals surface area contributed by atoms with Crippen molar-refractivity contribution in [3.05, 3.63) is 29.8 Å². The van der Waals surface area contributed by atoms with Gasteiger partial charge < -0.3 is 10.6 Å². The summed E-state index contributed by atoms with van der Waals surface area (Å²) in [5, 5.41) is 6.09. The Labute approximate surface area is 125 Å². The Morgan fingerprint density at radius 1 is 1.24 bits per heavy atom. The van der Waals surface area contributed by atoms with Crippen LogP contribution in [0.25, 0.3) is 0 Å². The molecule has 2 N–H and O–H groups in total. The molecule has 1 aromatic carbocycles. The van der Waals surface area contributed by atoms with Crippen LogP contribution in [0.1, 0.15) is 5.56 Å². The molecule has 1 amide bonds. The Bertz CT molecular complexity index is 578. The molecule has 0 saturated carbocycles. The van der Waals surface area contributed by atoms with Crippen molar-refractivity contribution in [3.63, 3.8) is 0 Å². The number of hydrogen-bond acceptors (Lipinski definition) is 5. The molecule has 2 rings (SSSR count). The van der Waals surface area contributed by atoms with E-state index in [1.807, 2.05) is 0 Å². The summed E-state index contributed by atoms with van der Waals surface area (Å²) in [7, 11) is -3.17. The summed E-state index contributed by atoms with van der Waals surface area (Å²) >= 11 is 0. The Balaban J connectivity index is 1.81. The average molecular weight is 311 g/mol. The minimum Gasteiger partial charge on any atom is -0.351 e. The van der Waals surface area contributed by atoms with Crippen molar-refractivity contribution < 1.29 is 13.2 Å². The van der Waals surface area contributed by atoms with Crippen molar-refractivity contribution in [2.24, 2.45) is 0 Å². The van der Waals surface area contributed by atoms with E-state index in [2.05, 4.69) is 15.5 Å². The number of nitrogens with one attached hydrogen (secondary N) is 2. The molecule has 0 bridgehead atoms. The molecular formula is C14H21N3O3S. The highest BCUT2D eigenvalue weighted by Crippen LogP contribution is 2.10. The minimum absolute atomic E-state index is 0.0101. The van der Waals surface area contributed by atoms with E-state index in [-0.39, 0.29) is 5.91 Å². The zero-order chi connectivity index (χ0) is 15.3. The van der Waals surface area contributed by atoms with Crippen LogP contribution in [-0.2, 0) is 21.2 Å². The van der Waals surface area contributed by atoms with E-state index < -0.39 is 9.84 Å². The van der Waals surface area contributed by atoms with Gasteiger partial charge in [0.05, 0.1) is 11.4 Å². The average Bonchev–Trinajstić information content (AvgIpc) is 2.46. The minimum atomic E-state index is -3.17. The van der Waals surface area contributed by atoms with Crippen LogP contribution in [0.3, 0.4) is 0 Å². The number of sulfone groups is 1. The van der Waals surface area contributed by atoms with Crippen LogP contribution in [0.15, 0.2) is 29.2 Å². The second kappa shape index (κ2) is 7.02. The molecule has 0 radical (unpaired) electrons. The van der Waals surface area contributed by atoms with Gasteiger partial charge in [0.25, 0.3) is 0 Å². The maximum Gasteiger partial charge on any atom is 0.234 e. The largest absolute Gasteiger partial charge is 0.351 e. The predicted molar refractivity (Wildman–Crippen MR) is 80.7 cm³/mol. The first-order chi connectivity index (χ1) is 9.95. The van der Waals surface area contributed by atoms with E-state index in [9.17, 15) is 13.2 Å². The lowest BCUT2D eigenvalue weighted by Crippen LogP contribution is -2.47. The van der Waals surface area contributed by atoms with Gasteiger partial charge in [0.1, 0.15) is 0 Å². The third-order valence-electron chi connectivity index (χ3n) is 3.42. The van der Waals surface area contributed by atoms with Crippen molar-refractivity contribution in [3.8, 4) is 0 Å². The molecule has 0 unspecified atom stereocenters. The molecule has 0 aliphatic carbocycles. The van der Waals surface area contributed by atoms with Crippen molar-refractivity contribution in [2.45, 2.75) is 11.4 Å². The molecular weight excluding hydrogens is 290 g/mol. The number of hydrogen-bond donors (Lipinski definition) is 2. The molecule has 1 aliphatic heterocycles. The van der Waals surface area contributed by atoms with Gasteiger partial charge in [-0.25, -0.2) is 8.42 Å². The molecule has 21 heavy (non-hydrogen) atoms. The second-order valence-electron chi connectivity index (χ2n) is 5.22. The lowest BCUT2D eigenvalue weighted by Gasteiger charge is -2.26. The molecule has 1 saturated heterocycles. The van der Waals surface area contributed by atoms with Crippen LogP contribution >= 0.6 is 0 Å². The van der Waals surface area contributed by atoms with Crippen LogP contribution in [-0.4, -0.2) is 58.2 Å². The van der Waals surface area contributed by atoms with Crippen LogP contribution in [0.4, 0.5) is 0 Å². The van der Waals surface area contributed by atoms with E-state index in [0.29, 0.717) is 18.0 Å². The van der Waals surface area contributed by atoms with E-state index >= 15 is 0 Å². The van der Waals surface area contributed by atoms with Gasteiger partial charge in [-0.15, -0.1) is 0 Å². The SMILES string of the molecule is CS(=O)(=O)c1ccc(CNC(=O)CN2CCNCC2)cc1. The van der Waals surface area contributed by atoms with Gasteiger partial charge in [0.15, 0.2) is 9.84 Å². The van der Waals surface area contributed by atoms with Gasteiger partial charge in [-0.3, -0.25) is 9.69 Å². The number of rotatable bonds is 5. The second-order valence-corrected chi connectivity index (χ2v) is 7.23. The first-order valence-corrected chi connectivity index (χ1v) is 8.83. The van der Waals surface area contributed by atoms with Gasteiger partial charge in [-0.2, -0.15) is 0 Å². The first kappa shape index (κ1) is 15.9. The monoisotopic (exact) mass is 311 g/mol. The maximum absolute atomic E-state index is 11.8. The Hall–Kier alpha value is -1.44. The Kier molecular flexibility index (Phi) is 5.33. The lowest BCUT2D eigenvalue weighted by molar-refractivity contribution is -0.122. The van der Waals surface area contributed by atoms with Gasteiger partial charge in [-0.1, -0.05) is 12.1 Å². The van der Waals surface area contributed by atoms with Crippen LogP contribution in [0.5, 0.6) is 0 Å². The van der Waals surface area contributed by atoms with Gasteiger partial charge in [0.2, 0.25) is 5.91 Å². The third-order valence-corrected chi connectivity index (χ3v) is 4.55. The summed E-state index contributed by atoms with van der Waals surface area (Å²) in [6.45, 7) is 4.42. The fourth-order valence-corrected chi connectivity index (χ4v) is 2.81. The number of piperazine rings is 1. The summed E-state index contributed by atoms with van der Waals surface area (Å²) in [5.74, 6) is -0.0101. The number of benzene rings is 1. The van der Waals surface area contributed by atoms with Crippen LogP contribution in [0.2, 0.25) is 0 Å². The summed E-state index contributed by atoms with van der Waals surface area (Å²) in [4.78, 5) is 14.2. The lowest BCUT2D eigenvalue weighted by atomic mass is 10.2. The molecule has 6 nitrogen and oxygen atoms in total. The van der Waals surface area contributed by atoms with Gasteiger partial charge >= 0.3 is 0 Å². The van der Waals surface area contributed by atoms with Gasteiger partial charge in [0, 0.05) is 39.0 Å². The molecule has 0 atom stereocenters. The number of carbonyl (C=O) groups is 1. The first-order valence-electron chi connectivity index (χ1n) is 6.94. The van der Waals surface area contributed by atoms with Gasteiger partial charge in [-0.05, 0) is 17.7 Å². The Morgan fingerprint density at radius 3 is 2.43 bits per heavy atom. The molecule has 1 aromatic rings. The quantitative estimate of drug-likeness (QED) is 0.774. The van der Waals surface area contributed by atoms with Crippen molar-refractivity contribution in [2.75, 3.05) is 39.0 Å². The van der Waals surface area contributed by atoms with Crippen molar-refractivity contribution in [1.29, 1.82) is 0 Å². The molecule has 1 aliphatic rings. The number of amides is 1. The van der Waals surface area contributed by atoms with E-state index in [1.165, 1.54) is 6.26 Å². The molecule has 0 aromatic heterocycles. The van der Waals surface area contributed by atoms with Crippen LogP contribution < -0.4 is 10.6 Å². The molecule has 7 heteroatoms. The van der Waals surface area contributed by atoms with Crippen LogP contribution in [0, 0.1) is 0 Å². The maximum atomic E-state index is 11.8. The Morgan fingerprint density at radius 2 is 1.86 bits per heavy atom. The third kappa shape index (κ3) is 5.11. The fraction of sp³-hybridized carbons (Fsp3) is 0.500. The van der Waals surface area contributed by atoms with Crippen molar-refractivity contribution >= 4 is 15.7 Å². The fourth-order valence-electron chi connectivity index (χ4n) is 2.18. The number of carbonyl (C=O) groups excluding carboxylic acids is 1. The number of nitrogens with zero attached hydrogens (tertiary/aromatic N) is 1. The normalized spacial score (nSPS) is 16.6. The summed E-state index contributed by atoms with van der Waals surface area (Å²) < 4.78 is 22.7. The summed E-state index contributed by atoms with van der Waals surface area (Å²) in [5.41, 5.74) is 0.885. The van der Waals surface area contributed by atoms with E-state index in [1.54, 1.807) is 24.3 Å². The van der Waals surface area contributed by atoms with E-state index in [4.69, 9.17) is 0 Å². The topological polar surface area (TPSA) is 78.5 Å². The smallest absolute Gasteiger partial charge is 0.234 e. The standard InChI is InChI=1S/C14H21N3O3S/c1-21(19,20)13-4-2-12(3-5-13)10-16-14(18)11-17-8-6-15-7-9-17/h2-5,15H,6-11H2,1H3,(H,16,18). The predicted octanol–water partition coefficient (Wildman–Crippen LogP) is -0.388. The molecule has 116 valence electrons. The summed E-state index contributed by atoms with van der Waals surface area (Å²) in [6.07, 6.45) is 1.18. The highest BCUT2D eigenvalue weighted by atomic mass is 32.2. The molecule has 1 heterocycles. The zero-order valence-corrected chi connectivity index (χ0v) is 12.9.